The second-order valence-electron chi connectivity index (χ2n) is 2.33. The first-order valence-corrected chi connectivity index (χ1v) is 4.25. The van der Waals surface area contributed by atoms with Crippen molar-refractivity contribution in [1.82, 2.24) is 10.6 Å². The fourth-order valence-electron chi connectivity index (χ4n) is 0.977. The van der Waals surface area contributed by atoms with Gasteiger partial charge in [0.25, 0.3) is 0 Å². The van der Waals surface area contributed by atoms with Crippen molar-refractivity contribution in [3.63, 3.8) is 0 Å². The predicted molar refractivity (Wildman–Crippen MR) is 46.6 cm³/mol. The molecule has 0 aromatic carbocycles. The lowest BCUT2D eigenvalue weighted by Gasteiger charge is -2.05. The molecule has 2 N–H and O–H groups in total. The number of carbonyl (C=O) groups excluding carboxylic acids is 2. The number of carbonyl (C=O) groups is 2. The number of amides is 2. The number of hydrogen-bond donors (Lipinski definition) is 2. The molecule has 1 aliphatic rings. The van der Waals surface area contributed by atoms with Crippen molar-refractivity contribution < 1.29 is 9.59 Å². The maximum atomic E-state index is 10.8. The van der Waals surface area contributed by atoms with Crippen molar-refractivity contribution >= 4 is 11.8 Å². The van der Waals surface area contributed by atoms with E-state index in [9.17, 15) is 9.59 Å². The van der Waals surface area contributed by atoms with E-state index < -0.39 is 0 Å². The van der Waals surface area contributed by atoms with E-state index in [0.29, 0.717) is 13.0 Å². The van der Waals surface area contributed by atoms with Crippen molar-refractivity contribution in [2.45, 2.75) is 33.2 Å². The third-order valence-electron chi connectivity index (χ3n) is 1.43. The Morgan fingerprint density at radius 3 is 2.50 bits per heavy atom. The summed E-state index contributed by atoms with van der Waals surface area (Å²) in [5.41, 5.74) is 0. The topological polar surface area (TPSA) is 58.2 Å². The lowest BCUT2D eigenvalue weighted by atomic mass is 10.2. The minimum absolute atomic E-state index is 0.0739. The van der Waals surface area contributed by atoms with E-state index in [0.717, 1.165) is 0 Å². The fraction of sp³-hybridized carbons (Fsp3) is 0.750. The first-order valence-electron chi connectivity index (χ1n) is 4.25. The predicted octanol–water partition coefficient (Wildman–Crippen LogP) is 0.0372. The highest BCUT2D eigenvalue weighted by molar-refractivity contribution is 5.88. The maximum absolute atomic E-state index is 10.8. The molecule has 1 unspecified atom stereocenters. The summed E-state index contributed by atoms with van der Waals surface area (Å²) in [4.78, 5) is 21.2. The average Bonchev–Trinajstić information content (AvgIpc) is 2.40. The van der Waals surface area contributed by atoms with Gasteiger partial charge in [0, 0.05) is 13.5 Å². The Hall–Kier alpha value is -1.06. The van der Waals surface area contributed by atoms with Crippen LogP contribution in [0.15, 0.2) is 0 Å². The molecular formula is C8H16N2O2. The Bertz CT molecular complexity index is 168. The lowest BCUT2D eigenvalue weighted by Crippen LogP contribution is -2.38. The Kier molecular flexibility index (Phi) is 5.08. The van der Waals surface area contributed by atoms with Gasteiger partial charge >= 0.3 is 0 Å². The van der Waals surface area contributed by atoms with Gasteiger partial charge in [0.05, 0.1) is 0 Å². The molecule has 1 rings (SSSR count). The van der Waals surface area contributed by atoms with Crippen molar-refractivity contribution in [1.29, 1.82) is 0 Å². The van der Waals surface area contributed by atoms with Gasteiger partial charge < -0.3 is 10.6 Å². The molecule has 0 spiro atoms. The van der Waals surface area contributed by atoms with Gasteiger partial charge in [-0.3, -0.25) is 9.59 Å². The monoisotopic (exact) mass is 172 g/mol. The highest BCUT2D eigenvalue weighted by atomic mass is 16.2. The van der Waals surface area contributed by atoms with Crippen LogP contribution in [0.2, 0.25) is 0 Å². The second-order valence-corrected chi connectivity index (χ2v) is 2.33. The Balaban J connectivity index is 0.000000561. The first kappa shape index (κ1) is 10.9. The minimum atomic E-state index is -0.294. The second kappa shape index (κ2) is 5.57. The third kappa shape index (κ3) is 3.37. The Morgan fingerprint density at radius 2 is 2.17 bits per heavy atom. The van der Waals surface area contributed by atoms with Gasteiger partial charge in [-0.25, -0.2) is 0 Å². The van der Waals surface area contributed by atoms with Crippen LogP contribution in [-0.2, 0) is 9.59 Å². The molecule has 0 saturated carbocycles. The van der Waals surface area contributed by atoms with E-state index in [2.05, 4.69) is 10.6 Å². The van der Waals surface area contributed by atoms with E-state index in [4.69, 9.17) is 0 Å². The Morgan fingerprint density at radius 1 is 1.58 bits per heavy atom. The summed E-state index contributed by atoms with van der Waals surface area (Å²) in [6.07, 6.45) is 0.707. The Labute approximate surface area is 72.7 Å². The highest BCUT2D eigenvalue weighted by Gasteiger charge is 2.23. The highest BCUT2D eigenvalue weighted by Crippen LogP contribution is 1.97. The molecule has 0 aromatic rings. The summed E-state index contributed by atoms with van der Waals surface area (Å²) in [7, 11) is 0. The maximum Gasteiger partial charge on any atom is 0.242 e. The van der Waals surface area contributed by atoms with Crippen molar-refractivity contribution in [2.75, 3.05) is 6.54 Å². The van der Waals surface area contributed by atoms with Crippen LogP contribution in [-0.4, -0.2) is 24.4 Å². The zero-order valence-corrected chi connectivity index (χ0v) is 7.81. The molecule has 4 heteroatoms. The molecule has 0 aliphatic carbocycles. The normalized spacial score (nSPS) is 20.6. The number of hydrogen-bond acceptors (Lipinski definition) is 2. The largest absolute Gasteiger partial charge is 0.354 e. The van der Waals surface area contributed by atoms with Crippen LogP contribution in [0.1, 0.15) is 27.2 Å². The van der Waals surface area contributed by atoms with Crippen LogP contribution in [0.25, 0.3) is 0 Å². The molecule has 1 saturated heterocycles. The zero-order valence-electron chi connectivity index (χ0n) is 7.81. The van der Waals surface area contributed by atoms with E-state index >= 15 is 0 Å². The standard InChI is InChI=1S/C6H10N2O2.C2H6/c1-4(9)8-5-2-3-7-6(5)10;1-2/h5H,2-3H2,1H3,(H,7,10)(H,8,9);1-2H3. The van der Waals surface area contributed by atoms with Crippen molar-refractivity contribution in [2.24, 2.45) is 0 Å². The summed E-state index contributed by atoms with van der Waals surface area (Å²) in [5, 5.41) is 5.16. The van der Waals surface area contributed by atoms with Crippen LogP contribution in [0.4, 0.5) is 0 Å². The molecular weight excluding hydrogens is 156 g/mol. The SMILES string of the molecule is CC.CC(=O)NC1CCNC1=O. The summed E-state index contributed by atoms with van der Waals surface area (Å²) in [6.45, 7) is 6.08. The molecule has 0 bridgehead atoms. The van der Waals surface area contributed by atoms with Crippen LogP contribution >= 0.6 is 0 Å². The quantitative estimate of drug-likeness (QED) is 0.586. The average molecular weight is 172 g/mol. The van der Waals surface area contributed by atoms with Crippen LogP contribution < -0.4 is 10.6 Å². The van der Waals surface area contributed by atoms with Gasteiger partial charge in [-0.15, -0.1) is 0 Å². The van der Waals surface area contributed by atoms with E-state index in [1.54, 1.807) is 0 Å². The minimum Gasteiger partial charge on any atom is -0.354 e. The molecule has 0 radical (unpaired) electrons. The van der Waals surface area contributed by atoms with Gasteiger partial charge in [-0.1, -0.05) is 13.8 Å². The molecule has 1 aliphatic heterocycles. The van der Waals surface area contributed by atoms with Gasteiger partial charge in [0.15, 0.2) is 0 Å². The van der Waals surface area contributed by atoms with Crippen LogP contribution in [0.3, 0.4) is 0 Å². The van der Waals surface area contributed by atoms with E-state index in [-0.39, 0.29) is 17.9 Å². The third-order valence-corrected chi connectivity index (χ3v) is 1.43. The van der Waals surface area contributed by atoms with Crippen LogP contribution in [0, 0.1) is 0 Å². The van der Waals surface area contributed by atoms with Gasteiger partial charge in [-0.2, -0.15) is 0 Å². The van der Waals surface area contributed by atoms with Gasteiger partial charge in [-0.05, 0) is 6.42 Å². The van der Waals surface area contributed by atoms with E-state index in [1.165, 1.54) is 6.92 Å². The van der Waals surface area contributed by atoms with Gasteiger partial charge in [0.2, 0.25) is 11.8 Å². The first-order chi connectivity index (χ1) is 5.70. The number of nitrogens with one attached hydrogen (secondary N) is 2. The van der Waals surface area contributed by atoms with Crippen molar-refractivity contribution in [3.8, 4) is 0 Å². The fourth-order valence-corrected chi connectivity index (χ4v) is 0.977. The van der Waals surface area contributed by atoms with Crippen molar-refractivity contribution in [3.05, 3.63) is 0 Å². The summed E-state index contributed by atoms with van der Waals surface area (Å²) in [5.74, 6) is -0.225. The van der Waals surface area contributed by atoms with E-state index in [1.807, 2.05) is 13.8 Å². The molecule has 1 heterocycles. The zero-order chi connectivity index (χ0) is 9.56. The molecule has 0 aromatic heterocycles. The molecule has 1 atom stereocenters. The molecule has 70 valence electrons. The number of rotatable bonds is 1. The smallest absolute Gasteiger partial charge is 0.242 e. The van der Waals surface area contributed by atoms with Gasteiger partial charge in [0.1, 0.15) is 6.04 Å². The molecule has 1 fully saturated rings. The molecule has 4 nitrogen and oxygen atoms in total. The summed E-state index contributed by atoms with van der Waals surface area (Å²) >= 11 is 0. The lowest BCUT2D eigenvalue weighted by molar-refractivity contribution is -0.126. The molecule has 2 amide bonds. The molecule has 12 heavy (non-hydrogen) atoms. The summed E-state index contributed by atoms with van der Waals surface area (Å²) in [6, 6.07) is -0.294. The van der Waals surface area contributed by atoms with Crippen LogP contribution in [0.5, 0.6) is 0 Å². The summed E-state index contributed by atoms with van der Waals surface area (Å²) < 4.78 is 0.